The molecule has 6 nitrogen and oxygen atoms in total. The lowest BCUT2D eigenvalue weighted by Crippen LogP contribution is -2.47. The molecule has 11 heteroatoms. The number of carbonyl (C=O) groups is 2. The molecule has 0 unspecified atom stereocenters. The number of nitrogens with one attached hydrogen (secondary N) is 1. The van der Waals surface area contributed by atoms with Gasteiger partial charge in [-0.25, -0.2) is 9.18 Å². The highest BCUT2D eigenvalue weighted by Crippen LogP contribution is 2.35. The summed E-state index contributed by atoms with van der Waals surface area (Å²) in [5.41, 5.74) is -1.81. The average Bonchev–Trinajstić information content (AvgIpc) is 3.09. The Bertz CT molecular complexity index is 1060. The van der Waals surface area contributed by atoms with E-state index in [1.807, 2.05) is 0 Å². The first-order valence-corrected chi connectivity index (χ1v) is 10.1. The van der Waals surface area contributed by atoms with Gasteiger partial charge in [-0.05, 0) is 41.7 Å². The Morgan fingerprint density at radius 3 is 2.45 bits per heavy atom. The molecule has 2 aromatic carbocycles. The molecule has 0 spiro atoms. The van der Waals surface area contributed by atoms with Crippen molar-refractivity contribution in [2.45, 2.75) is 46.2 Å². The van der Waals surface area contributed by atoms with Crippen LogP contribution < -0.4 is 10.8 Å². The zero-order valence-electron chi connectivity index (χ0n) is 18.1. The predicted octanol–water partition coefficient (Wildman–Crippen LogP) is 2.87. The first-order chi connectivity index (χ1) is 15.4. The van der Waals surface area contributed by atoms with Crippen LogP contribution in [0.2, 0.25) is 0 Å². The summed E-state index contributed by atoms with van der Waals surface area (Å²) >= 11 is 0. The van der Waals surface area contributed by atoms with E-state index in [4.69, 9.17) is 9.39 Å². The van der Waals surface area contributed by atoms with Gasteiger partial charge >= 0.3 is 19.3 Å². The number of hydrogen-bond acceptors (Lipinski definition) is 5. The fourth-order valence-corrected chi connectivity index (χ4v) is 3.68. The van der Waals surface area contributed by atoms with Crippen LogP contribution in [-0.2, 0) is 33.6 Å². The second-order valence-electron chi connectivity index (χ2n) is 8.11. The van der Waals surface area contributed by atoms with Crippen molar-refractivity contribution in [3.05, 3.63) is 64.0 Å². The molecule has 0 fully saturated rings. The Kier molecular flexibility index (Phi) is 7.13. The molecule has 2 N–H and O–H groups in total. The molecule has 1 aliphatic heterocycles. The van der Waals surface area contributed by atoms with Gasteiger partial charge in [-0.1, -0.05) is 32.0 Å². The summed E-state index contributed by atoms with van der Waals surface area (Å²) in [7, 11) is -1.81. The molecule has 1 aliphatic rings. The van der Waals surface area contributed by atoms with Gasteiger partial charge < -0.3 is 19.7 Å². The number of aryl methyl sites for hydroxylation is 1. The van der Waals surface area contributed by atoms with Crippen LogP contribution in [0.3, 0.4) is 0 Å². The van der Waals surface area contributed by atoms with Crippen molar-refractivity contribution in [3.8, 4) is 0 Å². The largest absolute Gasteiger partial charge is 0.492 e. The lowest BCUT2D eigenvalue weighted by atomic mass is 9.73. The van der Waals surface area contributed by atoms with Crippen LogP contribution in [0.25, 0.3) is 0 Å². The van der Waals surface area contributed by atoms with Gasteiger partial charge in [0.15, 0.2) is 0 Å². The summed E-state index contributed by atoms with van der Waals surface area (Å²) in [4.78, 5) is 25.6. The molecule has 0 saturated carbocycles. The number of hydrogen-bond donors (Lipinski definition) is 2. The molecule has 1 heterocycles. The molecule has 2 aromatic rings. The monoisotopic (exact) mass is 467 g/mol. The molecule has 1 amide bonds. The van der Waals surface area contributed by atoms with E-state index in [9.17, 15) is 32.2 Å². The molecule has 0 radical (unpaired) electrons. The number of rotatable bonds is 6. The number of halogens is 4. The molecule has 33 heavy (non-hydrogen) atoms. The maximum Gasteiger partial charge on any atom is 0.492 e. The van der Waals surface area contributed by atoms with E-state index < -0.39 is 59.5 Å². The number of alkyl halides is 3. The van der Waals surface area contributed by atoms with Crippen LogP contribution in [0.5, 0.6) is 0 Å². The summed E-state index contributed by atoms with van der Waals surface area (Å²) < 4.78 is 65.0. The summed E-state index contributed by atoms with van der Waals surface area (Å²) in [5, 5.41) is 12.3. The van der Waals surface area contributed by atoms with Crippen LogP contribution in [0, 0.1) is 18.7 Å². The summed E-state index contributed by atoms with van der Waals surface area (Å²) in [5.74, 6) is -2.94. The van der Waals surface area contributed by atoms with Gasteiger partial charge in [0, 0.05) is 5.46 Å². The van der Waals surface area contributed by atoms with E-state index in [1.165, 1.54) is 37.3 Å². The third-order valence-electron chi connectivity index (χ3n) is 5.31. The standard InChI is InChI=1S/C22H22BF4NO5/c1-11(2)19(21(30)32-9-13-4-6-15(24)7-5-13)28-20(29)16-12(3)8-14-10-33-23(31)18(14)17(16)22(25,26)27/h4-8,11,19,31H,9-10H2,1-3H3,(H,28,29)/t19-/m0/s1. The van der Waals surface area contributed by atoms with Crippen molar-refractivity contribution < 1.29 is 41.6 Å². The minimum Gasteiger partial charge on any atom is -0.459 e. The topological polar surface area (TPSA) is 84.9 Å². The summed E-state index contributed by atoms with van der Waals surface area (Å²) in [6, 6.07) is 5.34. The van der Waals surface area contributed by atoms with Crippen LogP contribution in [0.4, 0.5) is 17.6 Å². The highest BCUT2D eigenvalue weighted by Gasteiger charge is 2.45. The minimum absolute atomic E-state index is 0.0264. The molecule has 0 aromatic heterocycles. The van der Waals surface area contributed by atoms with E-state index >= 15 is 0 Å². The van der Waals surface area contributed by atoms with E-state index in [-0.39, 0.29) is 24.3 Å². The SMILES string of the molecule is Cc1cc2c(c(C(F)(F)F)c1C(=O)N[C@H](C(=O)OCc1ccc(F)cc1)C(C)C)B(O)OC2. The van der Waals surface area contributed by atoms with Crippen LogP contribution >= 0.6 is 0 Å². The zero-order chi connectivity index (χ0) is 24.5. The number of benzene rings is 2. The Morgan fingerprint density at radius 1 is 1.24 bits per heavy atom. The van der Waals surface area contributed by atoms with E-state index in [2.05, 4.69) is 5.32 Å². The van der Waals surface area contributed by atoms with Gasteiger partial charge in [0.25, 0.3) is 5.91 Å². The van der Waals surface area contributed by atoms with Crippen molar-refractivity contribution >= 4 is 24.5 Å². The first-order valence-electron chi connectivity index (χ1n) is 10.1. The fraction of sp³-hybridized carbons (Fsp3) is 0.364. The Hall–Kier alpha value is -2.92. The van der Waals surface area contributed by atoms with Gasteiger partial charge in [-0.15, -0.1) is 0 Å². The van der Waals surface area contributed by atoms with Crippen molar-refractivity contribution in [1.29, 1.82) is 0 Å². The summed E-state index contributed by atoms with van der Waals surface area (Å²) in [6.45, 7) is 4.12. The molecule has 0 saturated heterocycles. The van der Waals surface area contributed by atoms with Crippen LogP contribution in [0.1, 0.15) is 46.5 Å². The molecular weight excluding hydrogens is 445 g/mol. The normalized spacial score (nSPS) is 14.3. The molecule has 1 atom stereocenters. The molecular formula is C22H22BF4NO5. The fourth-order valence-electron chi connectivity index (χ4n) is 3.68. The molecule has 3 rings (SSSR count). The Morgan fingerprint density at radius 2 is 1.88 bits per heavy atom. The third-order valence-corrected chi connectivity index (χ3v) is 5.31. The Balaban J connectivity index is 1.87. The molecule has 0 bridgehead atoms. The lowest BCUT2D eigenvalue weighted by molar-refractivity contribution is -0.148. The van der Waals surface area contributed by atoms with Crippen LogP contribution in [0.15, 0.2) is 30.3 Å². The Labute approximate surface area is 188 Å². The van der Waals surface area contributed by atoms with E-state index in [1.54, 1.807) is 13.8 Å². The molecule has 176 valence electrons. The van der Waals surface area contributed by atoms with Gasteiger partial charge in [0.1, 0.15) is 18.5 Å². The van der Waals surface area contributed by atoms with E-state index in [0.29, 0.717) is 5.56 Å². The minimum atomic E-state index is -4.95. The predicted molar refractivity (Wildman–Crippen MR) is 111 cm³/mol. The molecule has 0 aliphatic carbocycles. The van der Waals surface area contributed by atoms with Crippen molar-refractivity contribution in [2.24, 2.45) is 5.92 Å². The second kappa shape index (κ2) is 9.52. The summed E-state index contributed by atoms with van der Waals surface area (Å²) in [6.07, 6.45) is -4.95. The lowest BCUT2D eigenvalue weighted by Gasteiger charge is -2.24. The number of esters is 1. The maximum atomic E-state index is 13.9. The van der Waals surface area contributed by atoms with Crippen LogP contribution in [-0.4, -0.2) is 30.1 Å². The average molecular weight is 467 g/mol. The zero-order valence-corrected chi connectivity index (χ0v) is 18.1. The maximum absolute atomic E-state index is 13.9. The number of amides is 1. The van der Waals surface area contributed by atoms with Gasteiger partial charge in [0.2, 0.25) is 0 Å². The van der Waals surface area contributed by atoms with Crippen molar-refractivity contribution in [1.82, 2.24) is 5.32 Å². The first kappa shape index (κ1) is 24.7. The number of carbonyl (C=O) groups excluding carboxylic acids is 2. The van der Waals surface area contributed by atoms with Gasteiger partial charge in [-0.2, -0.15) is 13.2 Å². The smallest absolute Gasteiger partial charge is 0.459 e. The second-order valence-corrected chi connectivity index (χ2v) is 8.11. The third kappa shape index (κ3) is 5.36. The highest BCUT2D eigenvalue weighted by atomic mass is 19.4. The van der Waals surface area contributed by atoms with Gasteiger partial charge in [-0.3, -0.25) is 4.79 Å². The number of ether oxygens (including phenoxy) is 1. The highest BCUT2D eigenvalue weighted by molar-refractivity contribution is 6.62. The van der Waals surface area contributed by atoms with Crippen molar-refractivity contribution in [3.63, 3.8) is 0 Å². The van der Waals surface area contributed by atoms with Gasteiger partial charge in [0.05, 0.1) is 17.7 Å². The number of fused-ring (bicyclic) bond motifs is 1. The van der Waals surface area contributed by atoms with E-state index in [0.717, 1.165) is 0 Å². The van der Waals surface area contributed by atoms with Crippen molar-refractivity contribution in [2.75, 3.05) is 0 Å². The quantitative estimate of drug-likeness (QED) is 0.388.